The average molecular weight is 295 g/mol. The van der Waals surface area contributed by atoms with E-state index >= 15 is 0 Å². The standard InChI is InChI=1S/C16H26FN3O/c1-12(2)21-9-5-8-19-16(18-4)20-11-14-6-7-15(17)13(3)10-14/h6-7,10,12H,5,8-9,11H2,1-4H3,(H2,18,19,20). The molecule has 0 aliphatic heterocycles. The first-order valence-electron chi connectivity index (χ1n) is 7.34. The zero-order valence-electron chi connectivity index (χ0n) is 13.4. The summed E-state index contributed by atoms with van der Waals surface area (Å²) in [5, 5.41) is 6.43. The number of nitrogens with zero attached hydrogens (tertiary/aromatic N) is 1. The van der Waals surface area contributed by atoms with E-state index in [2.05, 4.69) is 15.6 Å². The normalized spacial score (nSPS) is 11.8. The third-order valence-electron chi connectivity index (χ3n) is 2.97. The van der Waals surface area contributed by atoms with Crippen LogP contribution in [0.3, 0.4) is 0 Å². The van der Waals surface area contributed by atoms with Gasteiger partial charge in [0.2, 0.25) is 0 Å². The van der Waals surface area contributed by atoms with Gasteiger partial charge in [0.1, 0.15) is 5.82 Å². The second-order valence-corrected chi connectivity index (χ2v) is 5.21. The van der Waals surface area contributed by atoms with Crippen LogP contribution in [0.4, 0.5) is 4.39 Å². The highest BCUT2D eigenvalue weighted by Gasteiger charge is 2.01. The predicted molar refractivity (Wildman–Crippen MR) is 85.0 cm³/mol. The molecule has 0 bridgehead atoms. The lowest BCUT2D eigenvalue weighted by Gasteiger charge is -2.13. The van der Waals surface area contributed by atoms with Crippen LogP contribution in [0.5, 0.6) is 0 Å². The van der Waals surface area contributed by atoms with Crippen molar-refractivity contribution in [3.63, 3.8) is 0 Å². The van der Waals surface area contributed by atoms with Crippen molar-refractivity contribution in [3.05, 3.63) is 35.1 Å². The number of aryl methyl sites for hydroxylation is 1. The zero-order chi connectivity index (χ0) is 15.7. The summed E-state index contributed by atoms with van der Waals surface area (Å²) in [4.78, 5) is 4.16. The molecule has 2 N–H and O–H groups in total. The topological polar surface area (TPSA) is 45.7 Å². The van der Waals surface area contributed by atoms with Gasteiger partial charge in [-0.3, -0.25) is 4.99 Å². The molecule has 0 saturated carbocycles. The first-order chi connectivity index (χ1) is 10.0. The minimum atomic E-state index is -0.175. The lowest BCUT2D eigenvalue weighted by Crippen LogP contribution is -2.37. The molecule has 0 saturated heterocycles. The third-order valence-corrected chi connectivity index (χ3v) is 2.97. The SMILES string of the molecule is CN=C(NCCCOC(C)C)NCc1ccc(F)c(C)c1. The molecule has 0 atom stereocenters. The maximum atomic E-state index is 13.2. The highest BCUT2D eigenvalue weighted by Crippen LogP contribution is 2.08. The molecule has 0 aliphatic carbocycles. The summed E-state index contributed by atoms with van der Waals surface area (Å²) < 4.78 is 18.7. The molecule has 1 rings (SSSR count). The van der Waals surface area contributed by atoms with E-state index in [0.29, 0.717) is 12.1 Å². The molecule has 1 aromatic rings. The van der Waals surface area contributed by atoms with Crippen LogP contribution in [0.1, 0.15) is 31.4 Å². The summed E-state index contributed by atoms with van der Waals surface area (Å²) in [6.07, 6.45) is 1.19. The minimum Gasteiger partial charge on any atom is -0.379 e. The Bertz CT molecular complexity index is 461. The number of ether oxygens (including phenoxy) is 1. The molecular formula is C16H26FN3O. The molecule has 0 unspecified atom stereocenters. The Morgan fingerprint density at radius 3 is 2.71 bits per heavy atom. The van der Waals surface area contributed by atoms with Crippen LogP contribution in [-0.4, -0.2) is 32.3 Å². The molecule has 0 aromatic heterocycles. The number of rotatable bonds is 7. The van der Waals surface area contributed by atoms with Crippen molar-refractivity contribution in [2.24, 2.45) is 4.99 Å². The van der Waals surface area contributed by atoms with Crippen molar-refractivity contribution in [1.29, 1.82) is 0 Å². The highest BCUT2D eigenvalue weighted by atomic mass is 19.1. The fourth-order valence-electron chi connectivity index (χ4n) is 1.82. The molecule has 0 heterocycles. The van der Waals surface area contributed by atoms with E-state index in [4.69, 9.17) is 4.74 Å². The van der Waals surface area contributed by atoms with E-state index in [1.807, 2.05) is 19.9 Å². The zero-order valence-corrected chi connectivity index (χ0v) is 13.4. The Kier molecular flexibility index (Phi) is 7.75. The number of benzene rings is 1. The van der Waals surface area contributed by atoms with Gasteiger partial charge in [0.05, 0.1) is 6.10 Å². The van der Waals surface area contributed by atoms with Crippen LogP contribution in [0.25, 0.3) is 0 Å². The molecule has 1 aromatic carbocycles. The Hall–Kier alpha value is -1.62. The van der Waals surface area contributed by atoms with Crippen molar-refractivity contribution in [2.45, 2.75) is 39.8 Å². The second kappa shape index (κ2) is 9.34. The van der Waals surface area contributed by atoms with Crippen molar-refractivity contribution in [1.82, 2.24) is 10.6 Å². The van der Waals surface area contributed by atoms with Gasteiger partial charge in [0.25, 0.3) is 0 Å². The van der Waals surface area contributed by atoms with Crippen LogP contribution in [-0.2, 0) is 11.3 Å². The fraction of sp³-hybridized carbons (Fsp3) is 0.562. The van der Waals surface area contributed by atoms with Gasteiger partial charge < -0.3 is 15.4 Å². The number of halogens is 1. The smallest absolute Gasteiger partial charge is 0.191 e. The van der Waals surface area contributed by atoms with Crippen molar-refractivity contribution in [2.75, 3.05) is 20.2 Å². The van der Waals surface area contributed by atoms with Crippen LogP contribution in [0.15, 0.2) is 23.2 Å². The third kappa shape index (κ3) is 7.09. The summed E-state index contributed by atoms with van der Waals surface area (Å²) in [5.74, 6) is 0.563. The first kappa shape index (κ1) is 17.4. The summed E-state index contributed by atoms with van der Waals surface area (Å²) >= 11 is 0. The summed E-state index contributed by atoms with van der Waals surface area (Å²) in [5.41, 5.74) is 1.68. The molecule has 0 spiro atoms. The van der Waals surface area contributed by atoms with E-state index < -0.39 is 0 Å². The van der Waals surface area contributed by atoms with Gasteiger partial charge >= 0.3 is 0 Å². The summed E-state index contributed by atoms with van der Waals surface area (Å²) in [6.45, 7) is 7.97. The molecular weight excluding hydrogens is 269 g/mol. The van der Waals surface area contributed by atoms with Gasteiger partial charge in [0, 0.05) is 26.7 Å². The van der Waals surface area contributed by atoms with Crippen LogP contribution in [0, 0.1) is 12.7 Å². The Morgan fingerprint density at radius 2 is 2.10 bits per heavy atom. The highest BCUT2D eigenvalue weighted by molar-refractivity contribution is 5.79. The van der Waals surface area contributed by atoms with Crippen LogP contribution in [0.2, 0.25) is 0 Å². The molecule has 0 aliphatic rings. The van der Waals surface area contributed by atoms with Crippen molar-refractivity contribution in [3.8, 4) is 0 Å². The predicted octanol–water partition coefficient (Wildman–Crippen LogP) is 2.61. The van der Waals surface area contributed by atoms with E-state index in [1.54, 1.807) is 20.0 Å². The Balaban J connectivity index is 2.29. The van der Waals surface area contributed by atoms with Crippen LogP contribution < -0.4 is 10.6 Å². The molecule has 5 heteroatoms. The first-order valence-corrected chi connectivity index (χ1v) is 7.34. The number of hydrogen-bond donors (Lipinski definition) is 2. The number of aliphatic imine (C=N–C) groups is 1. The lowest BCUT2D eigenvalue weighted by molar-refractivity contribution is 0.0776. The monoisotopic (exact) mass is 295 g/mol. The molecule has 4 nitrogen and oxygen atoms in total. The van der Waals surface area contributed by atoms with Gasteiger partial charge in [-0.25, -0.2) is 4.39 Å². The molecule has 0 amide bonds. The van der Waals surface area contributed by atoms with Crippen molar-refractivity contribution < 1.29 is 9.13 Å². The maximum Gasteiger partial charge on any atom is 0.191 e. The van der Waals surface area contributed by atoms with Crippen LogP contribution >= 0.6 is 0 Å². The van der Waals surface area contributed by atoms with Gasteiger partial charge in [-0.15, -0.1) is 0 Å². The molecule has 21 heavy (non-hydrogen) atoms. The van der Waals surface area contributed by atoms with E-state index in [0.717, 1.165) is 31.1 Å². The fourth-order valence-corrected chi connectivity index (χ4v) is 1.82. The second-order valence-electron chi connectivity index (χ2n) is 5.21. The van der Waals surface area contributed by atoms with E-state index in [-0.39, 0.29) is 11.9 Å². The lowest BCUT2D eigenvalue weighted by atomic mass is 10.1. The molecule has 0 fully saturated rings. The van der Waals surface area contributed by atoms with Gasteiger partial charge in [-0.2, -0.15) is 0 Å². The van der Waals surface area contributed by atoms with E-state index in [1.165, 1.54) is 6.07 Å². The maximum absolute atomic E-state index is 13.2. The minimum absolute atomic E-state index is 0.175. The largest absolute Gasteiger partial charge is 0.379 e. The number of hydrogen-bond acceptors (Lipinski definition) is 2. The summed E-state index contributed by atoms with van der Waals surface area (Å²) in [6, 6.07) is 5.11. The molecule has 118 valence electrons. The van der Waals surface area contributed by atoms with Gasteiger partial charge in [-0.05, 0) is 44.4 Å². The average Bonchev–Trinajstić information content (AvgIpc) is 2.45. The van der Waals surface area contributed by atoms with Gasteiger partial charge in [0.15, 0.2) is 5.96 Å². The Morgan fingerprint density at radius 1 is 1.33 bits per heavy atom. The number of nitrogens with one attached hydrogen (secondary N) is 2. The van der Waals surface area contributed by atoms with E-state index in [9.17, 15) is 4.39 Å². The quantitative estimate of drug-likeness (QED) is 0.462. The molecule has 0 radical (unpaired) electrons. The Labute approximate surface area is 126 Å². The van der Waals surface area contributed by atoms with Gasteiger partial charge in [-0.1, -0.05) is 12.1 Å². The van der Waals surface area contributed by atoms with Crippen molar-refractivity contribution >= 4 is 5.96 Å². The number of guanidine groups is 1. The summed E-state index contributed by atoms with van der Waals surface area (Å²) in [7, 11) is 1.73.